The lowest BCUT2D eigenvalue weighted by Gasteiger charge is -2.10. The molecule has 0 aliphatic heterocycles. The van der Waals surface area contributed by atoms with Crippen molar-refractivity contribution in [3.63, 3.8) is 0 Å². The van der Waals surface area contributed by atoms with Crippen LogP contribution >= 0.6 is 11.8 Å². The minimum Gasteiger partial charge on any atom is -0.497 e. The van der Waals surface area contributed by atoms with Crippen LogP contribution in [0.25, 0.3) is 23.2 Å². The van der Waals surface area contributed by atoms with E-state index < -0.39 is 0 Å². The van der Waals surface area contributed by atoms with E-state index >= 15 is 0 Å². The van der Waals surface area contributed by atoms with Crippen molar-refractivity contribution in [2.75, 3.05) is 12.9 Å². The molecule has 0 atom stereocenters. The number of hydrogen-bond acceptors (Lipinski definition) is 6. The number of thioether (sulfide) groups is 1. The molecule has 0 saturated carbocycles. The van der Waals surface area contributed by atoms with Crippen molar-refractivity contribution in [2.24, 2.45) is 5.10 Å². The van der Waals surface area contributed by atoms with Gasteiger partial charge in [-0.2, -0.15) is 5.10 Å². The molecule has 7 nitrogen and oxygen atoms in total. The van der Waals surface area contributed by atoms with Gasteiger partial charge in [-0.3, -0.25) is 9.36 Å². The number of nitrogens with zero attached hydrogens (tertiary/aromatic N) is 4. The fraction of sp³-hybridized carbons (Fsp3) is 0.111. The van der Waals surface area contributed by atoms with Gasteiger partial charge in [-0.15, -0.1) is 10.2 Å². The van der Waals surface area contributed by atoms with Crippen LogP contribution in [0, 0.1) is 0 Å². The molecule has 1 N–H and O–H groups in total. The zero-order chi connectivity index (χ0) is 24.5. The number of amides is 1. The molecule has 0 fully saturated rings. The Morgan fingerprint density at radius 1 is 1.00 bits per heavy atom. The van der Waals surface area contributed by atoms with Gasteiger partial charge in [0.15, 0.2) is 11.0 Å². The second-order valence-electron chi connectivity index (χ2n) is 7.59. The minimum absolute atomic E-state index is 0.145. The van der Waals surface area contributed by atoms with Gasteiger partial charge in [-0.05, 0) is 54.5 Å². The van der Waals surface area contributed by atoms with Crippen LogP contribution in [0.1, 0.15) is 12.5 Å². The number of nitrogens with one attached hydrogen (secondary N) is 1. The number of para-hydroxylation sites is 1. The Labute approximate surface area is 208 Å². The van der Waals surface area contributed by atoms with Crippen molar-refractivity contribution in [3.8, 4) is 22.8 Å². The summed E-state index contributed by atoms with van der Waals surface area (Å²) in [5.41, 5.74) is 6.38. The number of hydrazone groups is 1. The van der Waals surface area contributed by atoms with E-state index in [9.17, 15) is 4.79 Å². The minimum atomic E-state index is -0.229. The van der Waals surface area contributed by atoms with E-state index in [1.807, 2.05) is 102 Å². The van der Waals surface area contributed by atoms with Gasteiger partial charge in [0.25, 0.3) is 5.91 Å². The van der Waals surface area contributed by atoms with E-state index in [1.54, 1.807) is 13.3 Å². The average molecular weight is 484 g/mol. The maximum Gasteiger partial charge on any atom is 0.250 e. The Hall–Kier alpha value is -4.17. The van der Waals surface area contributed by atoms with Crippen LogP contribution in [0.5, 0.6) is 5.75 Å². The fourth-order valence-corrected chi connectivity index (χ4v) is 4.06. The first-order valence-electron chi connectivity index (χ1n) is 11.0. The molecule has 0 aliphatic rings. The fourth-order valence-electron chi connectivity index (χ4n) is 3.32. The maximum absolute atomic E-state index is 12.4. The Kier molecular flexibility index (Phi) is 8.08. The Balaban J connectivity index is 1.45. The number of allylic oxidation sites excluding steroid dienone is 1. The SMILES string of the molecule is COc1ccc(-c2nnc(SCC(=O)N/N=C\C(C)=Cc3ccccc3)n2-c2ccccc2)cc1. The summed E-state index contributed by atoms with van der Waals surface area (Å²) < 4.78 is 7.20. The molecule has 8 heteroatoms. The van der Waals surface area contributed by atoms with Crippen molar-refractivity contribution in [1.29, 1.82) is 0 Å². The molecular weight excluding hydrogens is 458 g/mol. The summed E-state index contributed by atoms with van der Waals surface area (Å²) in [6.45, 7) is 1.93. The number of carbonyl (C=O) groups is 1. The van der Waals surface area contributed by atoms with Crippen LogP contribution in [-0.4, -0.2) is 39.7 Å². The third kappa shape index (κ3) is 6.45. The van der Waals surface area contributed by atoms with Crippen molar-refractivity contribution in [2.45, 2.75) is 12.1 Å². The quantitative estimate of drug-likeness (QED) is 0.200. The highest BCUT2D eigenvalue weighted by Crippen LogP contribution is 2.28. The largest absolute Gasteiger partial charge is 0.497 e. The zero-order valence-corrected chi connectivity index (χ0v) is 20.3. The average Bonchev–Trinajstić information content (AvgIpc) is 3.32. The molecule has 1 aromatic heterocycles. The normalized spacial score (nSPS) is 11.5. The monoisotopic (exact) mass is 483 g/mol. The molecular formula is C27H25N5O2S. The van der Waals surface area contributed by atoms with Crippen LogP contribution in [0.4, 0.5) is 0 Å². The number of hydrogen-bond donors (Lipinski definition) is 1. The third-order valence-corrected chi connectivity index (χ3v) is 5.91. The Morgan fingerprint density at radius 2 is 1.69 bits per heavy atom. The number of methoxy groups -OCH3 is 1. The first kappa shape index (κ1) is 24.0. The molecule has 0 radical (unpaired) electrons. The smallest absolute Gasteiger partial charge is 0.250 e. The molecule has 3 aromatic carbocycles. The van der Waals surface area contributed by atoms with Crippen molar-refractivity contribution in [1.82, 2.24) is 20.2 Å². The standard InChI is InChI=1S/C27H25N5O2S/c1-20(17-21-9-5-3-6-10-21)18-28-29-25(33)19-35-27-31-30-26(22-13-15-24(34-2)16-14-22)32(27)23-11-7-4-8-12-23/h3-18H,19H2,1-2H3,(H,29,33)/b20-17?,28-18-. The van der Waals surface area contributed by atoms with Crippen molar-refractivity contribution < 1.29 is 9.53 Å². The second kappa shape index (κ2) is 11.8. The predicted octanol–water partition coefficient (Wildman–Crippen LogP) is 5.24. The second-order valence-corrected chi connectivity index (χ2v) is 8.53. The third-order valence-electron chi connectivity index (χ3n) is 4.98. The highest BCUT2D eigenvalue weighted by atomic mass is 32.2. The maximum atomic E-state index is 12.4. The van der Waals surface area contributed by atoms with Gasteiger partial charge in [-0.25, -0.2) is 5.43 Å². The van der Waals surface area contributed by atoms with E-state index in [2.05, 4.69) is 20.7 Å². The van der Waals surface area contributed by atoms with E-state index in [4.69, 9.17) is 4.74 Å². The Bertz CT molecular complexity index is 1320. The van der Waals surface area contributed by atoms with Gasteiger partial charge in [0, 0.05) is 11.3 Å². The van der Waals surface area contributed by atoms with Gasteiger partial charge in [-0.1, -0.05) is 66.4 Å². The first-order valence-corrected chi connectivity index (χ1v) is 12.0. The van der Waals surface area contributed by atoms with E-state index in [0.29, 0.717) is 11.0 Å². The van der Waals surface area contributed by atoms with E-state index in [0.717, 1.165) is 28.1 Å². The summed E-state index contributed by atoms with van der Waals surface area (Å²) in [4.78, 5) is 12.4. The summed E-state index contributed by atoms with van der Waals surface area (Å²) in [5, 5.41) is 13.4. The summed E-state index contributed by atoms with van der Waals surface area (Å²) in [6, 6.07) is 27.4. The topological polar surface area (TPSA) is 81.4 Å². The number of benzene rings is 3. The van der Waals surface area contributed by atoms with Gasteiger partial charge in [0.2, 0.25) is 0 Å². The number of carbonyl (C=O) groups excluding carboxylic acids is 1. The van der Waals surface area contributed by atoms with Crippen LogP contribution < -0.4 is 10.2 Å². The van der Waals surface area contributed by atoms with Gasteiger partial charge >= 0.3 is 0 Å². The number of aromatic nitrogens is 3. The lowest BCUT2D eigenvalue weighted by atomic mass is 10.1. The van der Waals surface area contributed by atoms with Gasteiger partial charge in [0.1, 0.15) is 5.75 Å². The van der Waals surface area contributed by atoms with Crippen LogP contribution in [0.15, 0.2) is 101 Å². The molecule has 0 bridgehead atoms. The van der Waals surface area contributed by atoms with Gasteiger partial charge in [0.05, 0.1) is 19.1 Å². The summed E-state index contributed by atoms with van der Waals surface area (Å²) in [7, 11) is 1.63. The molecule has 4 rings (SSSR count). The van der Waals surface area contributed by atoms with Gasteiger partial charge < -0.3 is 4.74 Å². The predicted molar refractivity (Wildman–Crippen MR) is 141 cm³/mol. The summed E-state index contributed by atoms with van der Waals surface area (Å²) >= 11 is 1.30. The van der Waals surface area contributed by atoms with E-state index in [-0.39, 0.29) is 11.7 Å². The molecule has 176 valence electrons. The van der Waals surface area contributed by atoms with Crippen LogP contribution in [0.3, 0.4) is 0 Å². The lowest BCUT2D eigenvalue weighted by Crippen LogP contribution is -2.20. The van der Waals surface area contributed by atoms with Crippen LogP contribution in [-0.2, 0) is 4.79 Å². The Morgan fingerprint density at radius 3 is 2.37 bits per heavy atom. The van der Waals surface area contributed by atoms with Crippen molar-refractivity contribution in [3.05, 3.63) is 96.1 Å². The number of ether oxygens (including phenoxy) is 1. The number of rotatable bonds is 9. The molecule has 0 spiro atoms. The molecule has 4 aromatic rings. The lowest BCUT2D eigenvalue weighted by molar-refractivity contribution is -0.118. The molecule has 0 aliphatic carbocycles. The highest BCUT2D eigenvalue weighted by Gasteiger charge is 2.17. The van der Waals surface area contributed by atoms with Crippen LogP contribution in [0.2, 0.25) is 0 Å². The molecule has 35 heavy (non-hydrogen) atoms. The highest BCUT2D eigenvalue weighted by molar-refractivity contribution is 7.99. The summed E-state index contributed by atoms with van der Waals surface area (Å²) in [5.74, 6) is 1.36. The molecule has 0 unspecified atom stereocenters. The van der Waals surface area contributed by atoms with Crippen molar-refractivity contribution >= 4 is 30.0 Å². The van der Waals surface area contributed by atoms with E-state index in [1.165, 1.54) is 11.8 Å². The first-order chi connectivity index (χ1) is 17.1. The zero-order valence-electron chi connectivity index (χ0n) is 19.5. The summed E-state index contributed by atoms with van der Waals surface area (Å²) in [6.07, 6.45) is 3.62. The molecule has 1 heterocycles. The molecule has 1 amide bonds. The molecule has 0 saturated heterocycles.